The third-order valence-electron chi connectivity index (χ3n) is 11.0. The van der Waals surface area contributed by atoms with Gasteiger partial charge in [0.05, 0.1) is 16.8 Å². The fourth-order valence-corrected chi connectivity index (χ4v) is 5.77. The number of nitrogens with zero attached hydrogens (tertiary/aromatic N) is 3. The lowest BCUT2D eigenvalue weighted by Crippen LogP contribution is -2.51. The molecule has 6 rings (SSSR count). The Balaban J connectivity index is 1.54. The fraction of sp³-hybridized carbons (Fsp3) is 0.298. The molecule has 9 heteroatoms. The van der Waals surface area contributed by atoms with Gasteiger partial charge in [0.25, 0.3) is 0 Å². The van der Waals surface area contributed by atoms with Gasteiger partial charge in [-0.15, -0.1) is 0 Å². The first-order chi connectivity index (χ1) is 26.4. The van der Waals surface area contributed by atoms with Gasteiger partial charge >= 0.3 is 14.6 Å². The van der Waals surface area contributed by atoms with Crippen LogP contribution < -0.4 is 10.9 Å². The summed E-state index contributed by atoms with van der Waals surface area (Å²) in [5.41, 5.74) is 5.52. The van der Waals surface area contributed by atoms with Gasteiger partial charge in [-0.2, -0.15) is 0 Å². The molecule has 0 bridgehead atoms. The van der Waals surface area contributed by atoms with Crippen LogP contribution in [0.3, 0.4) is 0 Å². The predicted molar refractivity (Wildman–Crippen MR) is 231 cm³/mol. The van der Waals surface area contributed by atoms with Gasteiger partial charge in [-0.3, -0.25) is 0 Å². The van der Waals surface area contributed by atoms with E-state index < -0.39 is 23.9 Å². The topological polar surface area (TPSA) is 86.6 Å². The maximum absolute atomic E-state index is 10.9. The van der Waals surface area contributed by atoms with Crippen molar-refractivity contribution in [2.24, 2.45) is 5.41 Å². The quantitative estimate of drug-likeness (QED) is 0.118. The van der Waals surface area contributed by atoms with Crippen LogP contribution in [0.1, 0.15) is 62.3 Å². The minimum atomic E-state index is -1.11. The van der Waals surface area contributed by atoms with E-state index in [1.165, 1.54) is 0 Å². The van der Waals surface area contributed by atoms with Crippen LogP contribution in [0.2, 0.25) is 0 Å². The lowest BCUT2D eigenvalue weighted by atomic mass is 9.70. The second-order valence-corrected chi connectivity index (χ2v) is 16.8. The Hall–Kier alpha value is -4.92. The zero-order chi connectivity index (χ0) is 40.3. The molecule has 285 valence electrons. The van der Waals surface area contributed by atoms with Gasteiger partial charge in [-0.1, -0.05) is 141 Å². The number of hydrogen-bond donors (Lipinski definition) is 1. The molecule has 1 radical (unpaired) electrons. The monoisotopic (exact) mass is 744 g/mol. The summed E-state index contributed by atoms with van der Waals surface area (Å²) in [6.45, 7) is 17.8. The first-order valence-corrected chi connectivity index (χ1v) is 19.1. The van der Waals surface area contributed by atoms with Crippen LogP contribution in [0.4, 0.5) is 0 Å². The van der Waals surface area contributed by atoms with Crippen molar-refractivity contribution in [1.82, 2.24) is 15.0 Å². The minimum Gasteiger partial charge on any atom is -0.427 e. The molecule has 1 heterocycles. The zero-order valence-corrected chi connectivity index (χ0v) is 34.3. The van der Waals surface area contributed by atoms with Crippen LogP contribution in [-0.2, 0) is 14.0 Å². The maximum Gasteiger partial charge on any atom is 0.494 e. The number of rotatable bonds is 13. The molecule has 0 aliphatic rings. The van der Waals surface area contributed by atoms with Gasteiger partial charge in [0.2, 0.25) is 0 Å². The standard InChI is InChI=1S/C47H52B2N3O4/c1-44(2,3)46(6,7)56-49(54-10)40-30-38(29-39(31-40)48-55-47(8,9)45(4,5)53)43-51-41(36-25-17-23-34(27-36)32-19-13-11-14-20-32)50-42(52-43)37-26-18-24-35(28-37)33-21-15-12-16-22-33/h11-31,53H,1-10H3. The molecule has 0 amide bonds. The molecule has 6 aromatic rings. The fourth-order valence-electron chi connectivity index (χ4n) is 5.77. The van der Waals surface area contributed by atoms with Gasteiger partial charge in [0, 0.05) is 23.8 Å². The van der Waals surface area contributed by atoms with Crippen LogP contribution in [0.15, 0.2) is 127 Å². The Morgan fingerprint density at radius 3 is 1.39 bits per heavy atom. The summed E-state index contributed by atoms with van der Waals surface area (Å²) in [5, 5.41) is 10.9. The average Bonchev–Trinajstić information content (AvgIpc) is 3.19. The third-order valence-corrected chi connectivity index (χ3v) is 11.0. The summed E-state index contributed by atoms with van der Waals surface area (Å²) in [6.07, 6.45) is 0. The Morgan fingerprint density at radius 2 is 0.946 bits per heavy atom. The average molecular weight is 745 g/mol. The minimum absolute atomic E-state index is 0.184. The van der Waals surface area contributed by atoms with E-state index in [4.69, 9.17) is 28.9 Å². The maximum atomic E-state index is 10.9. The molecule has 0 atom stereocenters. The van der Waals surface area contributed by atoms with E-state index in [1.807, 2.05) is 92.7 Å². The predicted octanol–water partition coefficient (Wildman–Crippen LogP) is 9.20. The normalized spacial score (nSPS) is 12.4. The molecule has 0 aliphatic heterocycles. The number of benzene rings is 5. The van der Waals surface area contributed by atoms with E-state index in [-0.39, 0.29) is 5.41 Å². The highest BCUT2D eigenvalue weighted by molar-refractivity contribution is 6.62. The van der Waals surface area contributed by atoms with Crippen molar-refractivity contribution in [2.75, 3.05) is 7.11 Å². The van der Waals surface area contributed by atoms with E-state index in [1.54, 1.807) is 28.4 Å². The summed E-state index contributed by atoms with van der Waals surface area (Å²) in [7, 11) is 2.60. The molecule has 0 saturated heterocycles. The Labute approximate surface area is 334 Å². The van der Waals surface area contributed by atoms with Gasteiger partial charge < -0.3 is 19.1 Å². The van der Waals surface area contributed by atoms with E-state index in [0.29, 0.717) is 17.5 Å². The van der Waals surface area contributed by atoms with E-state index in [2.05, 4.69) is 83.1 Å². The lowest BCUT2D eigenvalue weighted by Gasteiger charge is -2.40. The van der Waals surface area contributed by atoms with Crippen LogP contribution in [-0.4, -0.2) is 58.6 Å². The summed E-state index contributed by atoms with van der Waals surface area (Å²) < 4.78 is 19.0. The first kappa shape index (κ1) is 40.7. The SMILES string of the molecule is COB(OC(C)(C)C(C)(C)C)c1cc([B]OC(C)(C)C(C)(C)O)cc(-c2nc(-c3cccc(-c4ccccc4)c3)nc(-c3cccc(-c4ccccc4)c3)n2)c1. The molecule has 5 aromatic carbocycles. The molecule has 0 spiro atoms. The molecule has 1 aromatic heterocycles. The molecular weight excluding hydrogens is 692 g/mol. The van der Waals surface area contributed by atoms with Gasteiger partial charge in [-0.25, -0.2) is 15.0 Å². The Morgan fingerprint density at radius 1 is 0.500 bits per heavy atom. The van der Waals surface area contributed by atoms with E-state index in [9.17, 15) is 5.11 Å². The van der Waals surface area contributed by atoms with E-state index in [0.717, 1.165) is 49.9 Å². The second kappa shape index (κ2) is 16.3. The van der Waals surface area contributed by atoms with Crippen molar-refractivity contribution in [3.63, 3.8) is 0 Å². The van der Waals surface area contributed by atoms with Crippen LogP contribution in [0, 0.1) is 5.41 Å². The summed E-state index contributed by atoms with van der Waals surface area (Å²) in [5.74, 6) is 1.55. The highest BCUT2D eigenvalue weighted by Crippen LogP contribution is 2.34. The molecule has 0 saturated carbocycles. The molecule has 7 nitrogen and oxygen atoms in total. The summed E-state index contributed by atoms with van der Waals surface area (Å²) >= 11 is 0. The van der Waals surface area contributed by atoms with Crippen molar-refractivity contribution in [3.05, 3.63) is 127 Å². The van der Waals surface area contributed by atoms with Gasteiger partial charge in [0.1, 0.15) is 0 Å². The van der Waals surface area contributed by atoms with Crippen molar-refractivity contribution in [3.8, 4) is 56.4 Å². The Kier molecular flexibility index (Phi) is 11.8. The molecular formula is C47H52B2N3O4. The number of aliphatic hydroxyl groups is 1. The molecule has 56 heavy (non-hydrogen) atoms. The third kappa shape index (κ3) is 9.36. The van der Waals surface area contributed by atoms with Crippen molar-refractivity contribution < 1.29 is 19.1 Å². The molecule has 0 unspecified atom stereocenters. The van der Waals surface area contributed by atoms with Crippen molar-refractivity contribution in [2.45, 2.75) is 79.1 Å². The van der Waals surface area contributed by atoms with Crippen molar-refractivity contribution >= 4 is 25.5 Å². The first-order valence-electron chi connectivity index (χ1n) is 19.1. The second-order valence-electron chi connectivity index (χ2n) is 16.8. The summed E-state index contributed by atoms with van der Waals surface area (Å²) in [6, 6.07) is 43.1. The largest absolute Gasteiger partial charge is 0.494 e. The smallest absolute Gasteiger partial charge is 0.427 e. The van der Waals surface area contributed by atoms with E-state index >= 15 is 0 Å². The van der Waals surface area contributed by atoms with Crippen LogP contribution in [0.25, 0.3) is 56.4 Å². The van der Waals surface area contributed by atoms with Crippen LogP contribution >= 0.6 is 0 Å². The summed E-state index contributed by atoms with van der Waals surface area (Å²) in [4.78, 5) is 15.4. The number of hydrogen-bond acceptors (Lipinski definition) is 7. The lowest BCUT2D eigenvalue weighted by molar-refractivity contribution is -0.0893. The number of aromatic nitrogens is 3. The molecule has 0 aliphatic carbocycles. The van der Waals surface area contributed by atoms with Crippen LogP contribution in [0.5, 0.6) is 0 Å². The molecule has 1 N–H and O–H groups in total. The highest BCUT2D eigenvalue weighted by atomic mass is 16.6. The highest BCUT2D eigenvalue weighted by Gasteiger charge is 2.39. The molecule has 0 fully saturated rings. The zero-order valence-electron chi connectivity index (χ0n) is 34.3. The van der Waals surface area contributed by atoms with Gasteiger partial charge in [0.15, 0.2) is 17.5 Å². The van der Waals surface area contributed by atoms with Crippen molar-refractivity contribution in [1.29, 1.82) is 0 Å². The Bertz CT molecular complexity index is 2170. The van der Waals surface area contributed by atoms with Gasteiger partial charge in [-0.05, 0) is 86.8 Å².